The van der Waals surface area contributed by atoms with E-state index in [4.69, 9.17) is 19.2 Å². The van der Waals surface area contributed by atoms with Gasteiger partial charge in [0.25, 0.3) is 5.56 Å². The minimum absolute atomic E-state index is 0.0649. The molecule has 0 radical (unpaired) electrons. The van der Waals surface area contributed by atoms with Crippen LogP contribution in [0.5, 0.6) is 17.2 Å². The molecule has 7 nitrogen and oxygen atoms in total. The van der Waals surface area contributed by atoms with Crippen molar-refractivity contribution in [3.8, 4) is 17.2 Å². The molecule has 1 aromatic heterocycles. The summed E-state index contributed by atoms with van der Waals surface area (Å²) < 4.78 is 19.0. The van der Waals surface area contributed by atoms with Gasteiger partial charge in [-0.15, -0.1) is 0 Å². The van der Waals surface area contributed by atoms with Crippen molar-refractivity contribution in [2.75, 3.05) is 14.2 Å². The molecule has 0 fully saturated rings. The molecule has 2 aliphatic heterocycles. The quantitative estimate of drug-likeness (QED) is 0.610. The number of Topliss-reactive ketones (excluding diaryl/α,β-unsaturated/α-hetero) is 1. The number of hydrogen-bond acceptors (Lipinski definition) is 7. The van der Waals surface area contributed by atoms with Gasteiger partial charge < -0.3 is 14.2 Å². The van der Waals surface area contributed by atoms with Gasteiger partial charge in [-0.05, 0) is 43.7 Å². The van der Waals surface area contributed by atoms with Crippen LogP contribution in [0, 0.1) is 5.92 Å². The van der Waals surface area contributed by atoms with Gasteiger partial charge in [0, 0.05) is 5.56 Å². The summed E-state index contributed by atoms with van der Waals surface area (Å²) in [5.74, 6) is 1.18. The predicted octanol–water partition coefficient (Wildman–Crippen LogP) is 2.29. The number of ketones is 1. The second kappa shape index (κ2) is 7.34. The van der Waals surface area contributed by atoms with Gasteiger partial charge in [-0.25, -0.2) is 4.99 Å². The Kier molecular flexibility index (Phi) is 4.70. The number of carbonyl (C=O) groups is 1. The summed E-state index contributed by atoms with van der Waals surface area (Å²) >= 11 is 1.29. The summed E-state index contributed by atoms with van der Waals surface area (Å²) in [7, 11) is 3.14. The molecule has 0 spiro atoms. The first kappa shape index (κ1) is 20.5. The molecule has 2 bridgehead atoms. The number of methoxy groups -OCH3 is 2. The van der Waals surface area contributed by atoms with Crippen molar-refractivity contribution >= 4 is 23.2 Å². The van der Waals surface area contributed by atoms with E-state index in [0.29, 0.717) is 26.6 Å². The Bertz CT molecular complexity index is 1420. The number of aromatic nitrogens is 1. The number of rotatable bonds is 4. The third kappa shape index (κ3) is 2.97. The molecule has 0 N–H and O–H groups in total. The van der Waals surface area contributed by atoms with Crippen LogP contribution >= 0.6 is 11.3 Å². The van der Waals surface area contributed by atoms with Gasteiger partial charge in [0.2, 0.25) is 5.72 Å². The maximum Gasteiger partial charge on any atom is 0.270 e. The highest BCUT2D eigenvalue weighted by Crippen LogP contribution is 2.47. The van der Waals surface area contributed by atoms with E-state index in [1.54, 1.807) is 30.9 Å². The number of carbonyl (C=O) groups excluding carboxylic acids is 1. The summed E-state index contributed by atoms with van der Waals surface area (Å²) in [6.07, 6.45) is 1.80. The normalized spacial score (nSPS) is 23.4. The van der Waals surface area contributed by atoms with Gasteiger partial charge >= 0.3 is 0 Å². The third-order valence-corrected chi connectivity index (χ3v) is 7.01. The molecular weight excluding hydrogens is 428 g/mol. The van der Waals surface area contributed by atoms with Gasteiger partial charge in [-0.1, -0.05) is 35.6 Å². The zero-order chi connectivity index (χ0) is 22.6. The first-order valence-corrected chi connectivity index (χ1v) is 11.0. The lowest BCUT2D eigenvalue weighted by molar-refractivity contribution is -0.132. The van der Waals surface area contributed by atoms with Gasteiger partial charge in [0.05, 0.1) is 24.8 Å². The molecule has 0 saturated carbocycles. The number of fused-ring (bicyclic) bond motifs is 6. The maximum atomic E-state index is 13.6. The van der Waals surface area contributed by atoms with Gasteiger partial charge in [-0.2, -0.15) is 0 Å². The molecule has 5 rings (SSSR count). The van der Waals surface area contributed by atoms with E-state index >= 15 is 0 Å². The summed E-state index contributed by atoms with van der Waals surface area (Å²) in [5.41, 5.74) is 0.369. The van der Waals surface area contributed by atoms with Crippen LogP contribution in [-0.4, -0.2) is 30.3 Å². The molecule has 0 amide bonds. The fourth-order valence-corrected chi connectivity index (χ4v) is 5.75. The highest BCUT2D eigenvalue weighted by Gasteiger charge is 2.53. The number of nitrogens with zero attached hydrogens (tertiary/aromatic N) is 2. The van der Waals surface area contributed by atoms with E-state index in [1.165, 1.54) is 18.3 Å². The van der Waals surface area contributed by atoms with Crippen molar-refractivity contribution < 1.29 is 19.0 Å². The van der Waals surface area contributed by atoms with E-state index in [0.717, 1.165) is 11.1 Å². The second-order valence-electron chi connectivity index (χ2n) is 8.02. The summed E-state index contributed by atoms with van der Waals surface area (Å²) in [4.78, 5) is 31.5. The molecule has 0 aliphatic carbocycles. The van der Waals surface area contributed by atoms with E-state index in [1.807, 2.05) is 43.3 Å². The first-order valence-electron chi connectivity index (χ1n) is 10.2. The van der Waals surface area contributed by atoms with E-state index < -0.39 is 17.7 Å². The number of hydrogen-bond donors (Lipinski definition) is 0. The van der Waals surface area contributed by atoms with Gasteiger partial charge in [0.15, 0.2) is 16.3 Å². The zero-order valence-corrected chi connectivity index (χ0v) is 18.9. The fraction of sp³-hybridized carbons (Fsp3) is 0.292. The standard InChI is InChI=1S/C24H22N2O5S/c1-13(27)20-21-15-7-5-6-8-16(15)31-24(20,2)25-23-26(21)22(28)19(32-23)12-14-9-10-17(29-3)18(11-14)30-4/h5-12,20-21H,1-4H3/b19-12-/t20-,21+,24+/m1/s1. The molecule has 3 atom stereocenters. The maximum absolute atomic E-state index is 13.6. The number of benzene rings is 2. The third-order valence-electron chi connectivity index (χ3n) is 6.02. The van der Waals surface area contributed by atoms with Crippen LogP contribution < -0.4 is 29.1 Å². The Morgan fingerprint density at radius 3 is 2.66 bits per heavy atom. The monoisotopic (exact) mass is 450 g/mol. The molecule has 0 saturated heterocycles. The Hall–Kier alpha value is -3.39. The molecule has 3 aromatic rings. The number of ether oxygens (including phenoxy) is 3. The molecule has 2 aromatic carbocycles. The average molecular weight is 451 g/mol. The zero-order valence-electron chi connectivity index (χ0n) is 18.1. The molecule has 8 heteroatoms. The fourth-order valence-electron chi connectivity index (χ4n) is 4.65. The van der Waals surface area contributed by atoms with Crippen LogP contribution in [0.4, 0.5) is 0 Å². The van der Waals surface area contributed by atoms with Crippen molar-refractivity contribution in [3.63, 3.8) is 0 Å². The highest BCUT2D eigenvalue weighted by molar-refractivity contribution is 7.07. The first-order chi connectivity index (χ1) is 15.4. The van der Waals surface area contributed by atoms with Crippen LogP contribution in [0.1, 0.15) is 31.0 Å². The van der Waals surface area contributed by atoms with Gasteiger partial charge in [-0.3, -0.25) is 14.2 Å². The Labute approximate surface area is 188 Å². The van der Waals surface area contributed by atoms with Crippen LogP contribution in [0.15, 0.2) is 52.3 Å². The largest absolute Gasteiger partial charge is 0.493 e. The van der Waals surface area contributed by atoms with E-state index in [2.05, 4.69) is 0 Å². The average Bonchev–Trinajstić information content (AvgIpc) is 3.06. The van der Waals surface area contributed by atoms with Crippen LogP contribution in [-0.2, 0) is 4.79 Å². The van der Waals surface area contributed by atoms with Crippen molar-refractivity contribution in [1.82, 2.24) is 4.57 Å². The minimum Gasteiger partial charge on any atom is -0.493 e. The SMILES string of the molecule is COc1ccc(/C=c2\sc3n(c2=O)[C@H]2c4ccccc4O[C@](C)(N=3)[C@@H]2C(C)=O)cc1OC. The topological polar surface area (TPSA) is 79.1 Å². The number of thiazole rings is 1. The van der Waals surface area contributed by atoms with E-state index in [9.17, 15) is 9.59 Å². The molecule has 32 heavy (non-hydrogen) atoms. The lowest BCUT2D eigenvalue weighted by Gasteiger charge is -2.45. The molecule has 2 aliphatic rings. The summed E-state index contributed by atoms with van der Waals surface area (Å²) in [5, 5.41) is 0. The smallest absolute Gasteiger partial charge is 0.270 e. The molecule has 0 unspecified atom stereocenters. The minimum atomic E-state index is -1.07. The highest BCUT2D eigenvalue weighted by atomic mass is 32.1. The van der Waals surface area contributed by atoms with Crippen LogP contribution in [0.25, 0.3) is 6.08 Å². The molecule has 3 heterocycles. The van der Waals surface area contributed by atoms with Crippen LogP contribution in [0.2, 0.25) is 0 Å². The number of para-hydroxylation sites is 1. The van der Waals surface area contributed by atoms with E-state index in [-0.39, 0.29) is 11.3 Å². The summed E-state index contributed by atoms with van der Waals surface area (Å²) in [6.45, 7) is 3.34. The Morgan fingerprint density at radius 2 is 1.94 bits per heavy atom. The lowest BCUT2D eigenvalue weighted by Crippen LogP contribution is -2.58. The lowest BCUT2D eigenvalue weighted by atomic mass is 9.79. The molecule has 164 valence electrons. The van der Waals surface area contributed by atoms with Gasteiger partial charge in [0.1, 0.15) is 17.5 Å². The van der Waals surface area contributed by atoms with Crippen molar-refractivity contribution in [1.29, 1.82) is 0 Å². The van der Waals surface area contributed by atoms with Crippen molar-refractivity contribution in [3.05, 3.63) is 73.3 Å². The van der Waals surface area contributed by atoms with Crippen molar-refractivity contribution in [2.24, 2.45) is 10.9 Å². The summed E-state index contributed by atoms with van der Waals surface area (Å²) in [6, 6.07) is 12.5. The molecular formula is C24H22N2O5S. The second-order valence-corrected chi connectivity index (χ2v) is 9.03. The van der Waals surface area contributed by atoms with Crippen molar-refractivity contribution in [2.45, 2.75) is 25.6 Å². The predicted molar refractivity (Wildman–Crippen MR) is 120 cm³/mol. The Morgan fingerprint density at radius 1 is 1.19 bits per heavy atom. The Balaban J connectivity index is 1.75. The van der Waals surface area contributed by atoms with Crippen LogP contribution in [0.3, 0.4) is 0 Å².